The molecule has 0 unspecified atom stereocenters. The molecule has 3 aromatic rings. The molecule has 2 aromatic carbocycles. The number of ether oxygens (including phenoxy) is 1. The SMILES string of the molecule is CN(C)Cc1c(OCC(F)(F)F)ccc2c(CCC3CCN(Cc4ccccc4)CC3)noc12. The Morgan fingerprint density at radius 2 is 1.82 bits per heavy atom. The van der Waals surface area contributed by atoms with E-state index in [1.54, 1.807) is 12.1 Å². The van der Waals surface area contributed by atoms with Crippen LogP contribution in [0, 0.1) is 5.92 Å². The number of rotatable bonds is 9. The summed E-state index contributed by atoms with van der Waals surface area (Å²) in [6.07, 6.45) is -0.266. The summed E-state index contributed by atoms with van der Waals surface area (Å²) in [4.78, 5) is 4.38. The number of piperidine rings is 1. The van der Waals surface area contributed by atoms with Crippen LogP contribution >= 0.6 is 0 Å². The minimum absolute atomic E-state index is 0.187. The van der Waals surface area contributed by atoms with E-state index < -0.39 is 12.8 Å². The number of aryl methyl sites for hydroxylation is 1. The highest BCUT2D eigenvalue weighted by molar-refractivity contribution is 5.84. The van der Waals surface area contributed by atoms with Crippen molar-refractivity contribution in [3.05, 3.63) is 59.3 Å². The van der Waals surface area contributed by atoms with E-state index in [1.807, 2.05) is 25.1 Å². The zero-order valence-corrected chi connectivity index (χ0v) is 19.8. The van der Waals surface area contributed by atoms with Crippen LogP contribution in [0.3, 0.4) is 0 Å². The third-order valence-corrected chi connectivity index (χ3v) is 6.39. The first-order valence-electron chi connectivity index (χ1n) is 11.8. The van der Waals surface area contributed by atoms with Crippen molar-refractivity contribution in [2.45, 2.75) is 44.9 Å². The largest absolute Gasteiger partial charge is 0.484 e. The topological polar surface area (TPSA) is 41.7 Å². The fourth-order valence-electron chi connectivity index (χ4n) is 4.65. The second-order valence-electron chi connectivity index (χ2n) is 9.43. The van der Waals surface area contributed by atoms with Crippen LogP contribution in [0.1, 0.15) is 36.1 Å². The fourth-order valence-corrected chi connectivity index (χ4v) is 4.65. The second kappa shape index (κ2) is 10.8. The highest BCUT2D eigenvalue weighted by Crippen LogP contribution is 2.33. The Bertz CT molecular complexity index is 1060. The molecule has 0 amide bonds. The number of nitrogens with zero attached hydrogens (tertiary/aromatic N) is 3. The first kappa shape index (κ1) is 24.5. The van der Waals surface area contributed by atoms with Gasteiger partial charge in [0.15, 0.2) is 12.2 Å². The van der Waals surface area contributed by atoms with Gasteiger partial charge in [0, 0.05) is 18.5 Å². The van der Waals surface area contributed by atoms with E-state index in [0.717, 1.165) is 56.4 Å². The summed E-state index contributed by atoms with van der Waals surface area (Å²) in [5.41, 5.74) is 3.33. The predicted molar refractivity (Wildman–Crippen MR) is 126 cm³/mol. The summed E-state index contributed by atoms with van der Waals surface area (Å²) in [5.74, 6) is 0.821. The summed E-state index contributed by atoms with van der Waals surface area (Å²) in [7, 11) is 3.71. The molecule has 0 bridgehead atoms. The molecule has 4 rings (SSSR count). The van der Waals surface area contributed by atoms with Gasteiger partial charge in [-0.05, 0) is 76.5 Å². The standard InChI is InChI=1S/C26H32F3N3O2/c1-31(2)17-22-24(33-18-26(27,28)29)11-9-21-23(30-34-25(21)22)10-8-19-12-14-32(15-13-19)16-20-6-4-3-5-7-20/h3-7,9,11,19H,8,10,12-18H2,1-2H3. The predicted octanol–water partition coefficient (Wildman–Crippen LogP) is 5.68. The number of likely N-dealkylation sites (tertiary alicyclic amines) is 1. The average Bonchev–Trinajstić information content (AvgIpc) is 3.21. The van der Waals surface area contributed by atoms with Crippen LogP contribution in [0.5, 0.6) is 5.75 Å². The van der Waals surface area contributed by atoms with Gasteiger partial charge in [-0.1, -0.05) is 35.5 Å². The molecule has 2 heterocycles. The molecule has 0 N–H and O–H groups in total. The van der Waals surface area contributed by atoms with Crippen molar-refractivity contribution >= 4 is 11.0 Å². The smallest absolute Gasteiger partial charge is 0.422 e. The van der Waals surface area contributed by atoms with Crippen molar-refractivity contribution in [1.82, 2.24) is 15.0 Å². The van der Waals surface area contributed by atoms with Crippen molar-refractivity contribution < 1.29 is 22.4 Å². The van der Waals surface area contributed by atoms with Crippen LogP contribution < -0.4 is 4.74 Å². The minimum Gasteiger partial charge on any atom is -0.484 e. The van der Waals surface area contributed by atoms with Gasteiger partial charge < -0.3 is 14.2 Å². The van der Waals surface area contributed by atoms with Crippen LogP contribution in [0.15, 0.2) is 47.0 Å². The second-order valence-corrected chi connectivity index (χ2v) is 9.43. The molecule has 5 nitrogen and oxygen atoms in total. The Kier molecular flexibility index (Phi) is 7.78. The van der Waals surface area contributed by atoms with Gasteiger partial charge in [0.25, 0.3) is 0 Å². The zero-order valence-electron chi connectivity index (χ0n) is 19.8. The van der Waals surface area contributed by atoms with Crippen molar-refractivity contribution in [2.24, 2.45) is 5.92 Å². The summed E-state index contributed by atoms with van der Waals surface area (Å²) < 4.78 is 48.8. The van der Waals surface area contributed by atoms with E-state index in [2.05, 4.69) is 34.3 Å². The lowest BCUT2D eigenvalue weighted by Gasteiger charge is -2.31. The number of alkyl halides is 3. The molecule has 8 heteroatoms. The summed E-state index contributed by atoms with van der Waals surface area (Å²) in [6, 6.07) is 13.9. The van der Waals surface area contributed by atoms with Gasteiger partial charge in [-0.15, -0.1) is 0 Å². The van der Waals surface area contributed by atoms with Crippen LogP contribution in [0.4, 0.5) is 13.2 Å². The molecular weight excluding hydrogens is 443 g/mol. The third-order valence-electron chi connectivity index (χ3n) is 6.39. The summed E-state index contributed by atoms with van der Waals surface area (Å²) in [6.45, 7) is 2.24. The van der Waals surface area contributed by atoms with Gasteiger partial charge >= 0.3 is 6.18 Å². The van der Waals surface area contributed by atoms with E-state index in [9.17, 15) is 13.2 Å². The van der Waals surface area contributed by atoms with Gasteiger partial charge in [-0.2, -0.15) is 13.2 Å². The molecule has 0 atom stereocenters. The Hall–Kier alpha value is -2.58. The van der Waals surface area contributed by atoms with Crippen LogP contribution in [0.2, 0.25) is 0 Å². The number of hydrogen-bond acceptors (Lipinski definition) is 5. The maximum Gasteiger partial charge on any atom is 0.422 e. The van der Waals surface area contributed by atoms with Crippen molar-refractivity contribution in [3.63, 3.8) is 0 Å². The lowest BCUT2D eigenvalue weighted by Crippen LogP contribution is -2.33. The van der Waals surface area contributed by atoms with Gasteiger partial charge in [0.05, 0.1) is 11.3 Å². The molecule has 0 spiro atoms. The number of fused-ring (bicyclic) bond motifs is 1. The molecule has 1 fully saturated rings. The summed E-state index contributed by atoms with van der Waals surface area (Å²) >= 11 is 0. The highest BCUT2D eigenvalue weighted by atomic mass is 19.4. The number of benzene rings is 2. The maximum atomic E-state index is 12.7. The molecule has 34 heavy (non-hydrogen) atoms. The average molecular weight is 476 g/mol. The molecule has 1 saturated heterocycles. The van der Waals surface area contributed by atoms with Gasteiger partial charge in [-0.25, -0.2) is 0 Å². The molecule has 1 aromatic heterocycles. The van der Waals surface area contributed by atoms with Gasteiger partial charge in [-0.3, -0.25) is 4.90 Å². The van der Waals surface area contributed by atoms with E-state index in [-0.39, 0.29) is 5.75 Å². The maximum absolute atomic E-state index is 12.7. The van der Waals surface area contributed by atoms with E-state index in [4.69, 9.17) is 9.26 Å². The third kappa shape index (κ3) is 6.51. The number of aromatic nitrogens is 1. The molecule has 0 radical (unpaired) electrons. The Balaban J connectivity index is 1.38. The summed E-state index contributed by atoms with van der Waals surface area (Å²) in [5, 5.41) is 5.15. The molecule has 1 aliphatic rings. The van der Waals surface area contributed by atoms with Crippen LogP contribution in [-0.4, -0.2) is 54.9 Å². The van der Waals surface area contributed by atoms with Crippen molar-refractivity contribution in [1.29, 1.82) is 0 Å². The lowest BCUT2D eigenvalue weighted by molar-refractivity contribution is -0.153. The molecule has 1 aliphatic heterocycles. The van der Waals surface area contributed by atoms with Gasteiger partial charge in [0.1, 0.15) is 5.75 Å². The van der Waals surface area contributed by atoms with Crippen molar-refractivity contribution in [3.8, 4) is 5.75 Å². The van der Waals surface area contributed by atoms with E-state index in [1.165, 1.54) is 5.56 Å². The molecular formula is C26H32F3N3O2. The monoisotopic (exact) mass is 475 g/mol. The van der Waals surface area contributed by atoms with E-state index >= 15 is 0 Å². The first-order valence-corrected chi connectivity index (χ1v) is 11.8. The molecule has 0 aliphatic carbocycles. The molecule has 0 saturated carbocycles. The van der Waals surface area contributed by atoms with Gasteiger partial charge in [0.2, 0.25) is 0 Å². The Morgan fingerprint density at radius 1 is 1.09 bits per heavy atom. The van der Waals surface area contributed by atoms with E-state index in [0.29, 0.717) is 23.6 Å². The molecule has 184 valence electrons. The van der Waals surface area contributed by atoms with Crippen LogP contribution in [-0.2, 0) is 19.5 Å². The lowest BCUT2D eigenvalue weighted by atomic mass is 9.91. The zero-order chi connectivity index (χ0) is 24.1. The number of hydrogen-bond donors (Lipinski definition) is 0. The fraction of sp³-hybridized carbons (Fsp3) is 0.500. The number of halogens is 3. The normalized spacial score (nSPS) is 15.9. The Labute approximate surface area is 198 Å². The van der Waals surface area contributed by atoms with Crippen LogP contribution in [0.25, 0.3) is 11.0 Å². The Morgan fingerprint density at radius 3 is 2.50 bits per heavy atom. The quantitative estimate of drug-likeness (QED) is 0.399. The first-order chi connectivity index (χ1) is 16.3. The van der Waals surface area contributed by atoms with Crippen molar-refractivity contribution in [2.75, 3.05) is 33.8 Å². The highest BCUT2D eigenvalue weighted by Gasteiger charge is 2.29. The minimum atomic E-state index is -4.40.